The first kappa shape index (κ1) is 24.9. The summed E-state index contributed by atoms with van der Waals surface area (Å²) in [5.74, 6) is 1.38. The van der Waals surface area contributed by atoms with Crippen molar-refractivity contribution < 1.29 is 28.6 Å². The number of methoxy groups -OCH3 is 1. The largest absolute Gasteiger partial charge is 0.497 e. The van der Waals surface area contributed by atoms with Crippen molar-refractivity contribution in [3.8, 4) is 17.2 Å². The second kappa shape index (κ2) is 11.1. The molecule has 0 saturated carbocycles. The van der Waals surface area contributed by atoms with Gasteiger partial charge in [-0.3, -0.25) is 14.4 Å². The number of amides is 3. The number of likely N-dealkylation sites (tertiary alicyclic amines) is 2. The molecule has 9 nitrogen and oxygen atoms in total. The van der Waals surface area contributed by atoms with E-state index in [9.17, 15) is 14.4 Å². The van der Waals surface area contributed by atoms with E-state index in [1.54, 1.807) is 49.6 Å². The van der Waals surface area contributed by atoms with Gasteiger partial charge in [-0.2, -0.15) is 0 Å². The summed E-state index contributed by atoms with van der Waals surface area (Å²) in [4.78, 5) is 43.6. The Morgan fingerprint density at radius 1 is 0.865 bits per heavy atom. The lowest BCUT2D eigenvalue weighted by Gasteiger charge is -2.38. The predicted molar refractivity (Wildman–Crippen MR) is 136 cm³/mol. The Bertz CT molecular complexity index is 1140. The normalized spacial score (nSPS) is 18.3. The van der Waals surface area contributed by atoms with Crippen LogP contribution in [0.4, 0.5) is 0 Å². The SMILES string of the molecule is COc1ccc(C(=O)N2CCC([C@H](NC(=O)c3ccc4c(c3)OCO4)C(=O)N3CCCCC3)CC2)cc1. The van der Waals surface area contributed by atoms with Gasteiger partial charge in [0.15, 0.2) is 11.5 Å². The van der Waals surface area contributed by atoms with Gasteiger partial charge < -0.3 is 29.3 Å². The first-order chi connectivity index (χ1) is 18.0. The van der Waals surface area contributed by atoms with Gasteiger partial charge in [0.1, 0.15) is 11.8 Å². The molecule has 2 aromatic rings. The van der Waals surface area contributed by atoms with E-state index >= 15 is 0 Å². The topological polar surface area (TPSA) is 97.4 Å². The summed E-state index contributed by atoms with van der Waals surface area (Å²) in [5.41, 5.74) is 1.03. The maximum absolute atomic E-state index is 13.6. The van der Waals surface area contributed by atoms with Crippen LogP contribution < -0.4 is 19.5 Å². The van der Waals surface area contributed by atoms with Crippen molar-refractivity contribution >= 4 is 17.7 Å². The fourth-order valence-corrected chi connectivity index (χ4v) is 5.31. The molecule has 5 rings (SSSR count). The molecule has 2 fully saturated rings. The van der Waals surface area contributed by atoms with E-state index in [0.717, 1.165) is 19.3 Å². The van der Waals surface area contributed by atoms with E-state index < -0.39 is 6.04 Å². The molecule has 0 spiro atoms. The lowest BCUT2D eigenvalue weighted by molar-refractivity contribution is -0.136. The summed E-state index contributed by atoms with van der Waals surface area (Å²) in [6.07, 6.45) is 4.33. The third-order valence-electron chi connectivity index (χ3n) is 7.49. The first-order valence-corrected chi connectivity index (χ1v) is 13.0. The smallest absolute Gasteiger partial charge is 0.253 e. The Kier molecular flexibility index (Phi) is 7.48. The van der Waals surface area contributed by atoms with Crippen molar-refractivity contribution in [2.24, 2.45) is 5.92 Å². The second-order valence-electron chi connectivity index (χ2n) is 9.76. The molecule has 196 valence electrons. The van der Waals surface area contributed by atoms with Gasteiger partial charge >= 0.3 is 0 Å². The summed E-state index contributed by atoms with van der Waals surface area (Å²) in [7, 11) is 1.59. The van der Waals surface area contributed by atoms with Gasteiger partial charge in [-0.1, -0.05) is 0 Å². The van der Waals surface area contributed by atoms with Gasteiger partial charge in [-0.05, 0) is 80.5 Å². The maximum atomic E-state index is 13.6. The molecule has 3 amide bonds. The van der Waals surface area contributed by atoms with Crippen LogP contribution in [0.2, 0.25) is 0 Å². The number of carbonyl (C=O) groups excluding carboxylic acids is 3. The first-order valence-electron chi connectivity index (χ1n) is 13.0. The minimum absolute atomic E-state index is 0.0336. The highest BCUT2D eigenvalue weighted by Gasteiger charge is 2.37. The minimum Gasteiger partial charge on any atom is -0.497 e. The van der Waals surface area contributed by atoms with Crippen molar-refractivity contribution in [3.05, 3.63) is 53.6 Å². The second-order valence-corrected chi connectivity index (χ2v) is 9.76. The number of nitrogens with zero attached hydrogens (tertiary/aromatic N) is 2. The third kappa shape index (κ3) is 5.50. The lowest BCUT2D eigenvalue weighted by Crippen LogP contribution is -2.55. The van der Waals surface area contributed by atoms with Crippen molar-refractivity contribution in [2.75, 3.05) is 40.1 Å². The van der Waals surface area contributed by atoms with Crippen LogP contribution >= 0.6 is 0 Å². The Morgan fingerprint density at radius 3 is 2.24 bits per heavy atom. The number of ether oxygens (including phenoxy) is 3. The van der Waals surface area contributed by atoms with E-state index in [1.807, 2.05) is 9.80 Å². The Hall–Kier alpha value is -3.75. The molecule has 1 N–H and O–H groups in total. The van der Waals surface area contributed by atoms with Gasteiger partial charge in [0.2, 0.25) is 12.7 Å². The molecule has 3 aliphatic heterocycles. The number of rotatable bonds is 6. The average molecular weight is 508 g/mol. The van der Waals surface area contributed by atoms with Gasteiger partial charge in [0.05, 0.1) is 7.11 Å². The Labute approximate surface area is 216 Å². The molecule has 0 radical (unpaired) electrons. The summed E-state index contributed by atoms with van der Waals surface area (Å²) < 4.78 is 15.9. The molecular weight excluding hydrogens is 474 g/mol. The van der Waals surface area contributed by atoms with Crippen LogP contribution in [-0.2, 0) is 4.79 Å². The summed E-state index contributed by atoms with van der Waals surface area (Å²) in [6, 6.07) is 11.5. The number of fused-ring (bicyclic) bond motifs is 1. The predicted octanol–water partition coefficient (Wildman–Crippen LogP) is 3.09. The lowest BCUT2D eigenvalue weighted by atomic mass is 9.87. The van der Waals surface area contributed by atoms with Crippen LogP contribution in [0.5, 0.6) is 17.2 Å². The van der Waals surface area contributed by atoms with Crippen molar-refractivity contribution in [3.63, 3.8) is 0 Å². The molecular formula is C28H33N3O6. The zero-order valence-corrected chi connectivity index (χ0v) is 21.1. The van der Waals surface area contributed by atoms with Gasteiger partial charge in [-0.15, -0.1) is 0 Å². The highest BCUT2D eigenvalue weighted by atomic mass is 16.7. The van der Waals surface area contributed by atoms with E-state index in [-0.39, 0.29) is 30.4 Å². The summed E-state index contributed by atoms with van der Waals surface area (Å²) in [6.45, 7) is 2.61. The van der Waals surface area contributed by atoms with E-state index in [0.29, 0.717) is 67.4 Å². The highest BCUT2D eigenvalue weighted by molar-refractivity contribution is 5.98. The standard InChI is InChI=1S/C28H33N3O6/c1-35-22-8-5-20(6-9-22)27(33)31-15-11-19(12-16-31)25(28(34)30-13-3-2-4-14-30)29-26(32)21-7-10-23-24(17-21)37-18-36-23/h5-10,17,19,25H,2-4,11-16,18H2,1H3,(H,29,32)/t25-/m0/s1. The molecule has 0 aromatic heterocycles. The molecule has 3 heterocycles. The molecule has 2 aromatic carbocycles. The number of hydrogen-bond acceptors (Lipinski definition) is 6. The van der Waals surface area contributed by atoms with Crippen LogP contribution in [0.25, 0.3) is 0 Å². The molecule has 0 unspecified atom stereocenters. The van der Waals surface area contributed by atoms with Gasteiger partial charge in [-0.25, -0.2) is 0 Å². The van der Waals surface area contributed by atoms with E-state index in [2.05, 4.69) is 5.32 Å². The number of benzene rings is 2. The number of nitrogens with one attached hydrogen (secondary N) is 1. The number of carbonyl (C=O) groups is 3. The minimum atomic E-state index is -0.644. The molecule has 2 saturated heterocycles. The molecule has 0 aliphatic carbocycles. The third-order valence-corrected chi connectivity index (χ3v) is 7.49. The monoisotopic (exact) mass is 507 g/mol. The van der Waals surface area contributed by atoms with Crippen molar-refractivity contribution in [1.82, 2.24) is 15.1 Å². The molecule has 9 heteroatoms. The zero-order valence-electron chi connectivity index (χ0n) is 21.1. The number of hydrogen-bond donors (Lipinski definition) is 1. The fraction of sp³-hybridized carbons (Fsp3) is 0.464. The van der Waals surface area contributed by atoms with E-state index in [1.165, 1.54) is 0 Å². The van der Waals surface area contributed by atoms with Crippen molar-refractivity contribution in [2.45, 2.75) is 38.1 Å². The van der Waals surface area contributed by atoms with Crippen LogP contribution in [0.15, 0.2) is 42.5 Å². The molecule has 37 heavy (non-hydrogen) atoms. The highest BCUT2D eigenvalue weighted by Crippen LogP contribution is 2.33. The van der Waals surface area contributed by atoms with Crippen molar-refractivity contribution in [1.29, 1.82) is 0 Å². The molecule has 3 aliphatic rings. The van der Waals surface area contributed by atoms with Gasteiger partial charge in [0, 0.05) is 37.3 Å². The summed E-state index contributed by atoms with van der Waals surface area (Å²) >= 11 is 0. The Balaban J connectivity index is 1.28. The average Bonchev–Trinajstić information content (AvgIpc) is 3.44. The van der Waals surface area contributed by atoms with Gasteiger partial charge in [0.25, 0.3) is 11.8 Å². The van der Waals surface area contributed by atoms with Crippen LogP contribution in [0, 0.1) is 5.92 Å². The van der Waals surface area contributed by atoms with E-state index in [4.69, 9.17) is 14.2 Å². The quantitative estimate of drug-likeness (QED) is 0.646. The summed E-state index contributed by atoms with van der Waals surface area (Å²) in [5, 5.41) is 3.04. The number of piperidine rings is 2. The maximum Gasteiger partial charge on any atom is 0.253 e. The molecule has 0 bridgehead atoms. The van der Waals surface area contributed by atoms with Crippen LogP contribution in [0.1, 0.15) is 52.8 Å². The zero-order chi connectivity index (χ0) is 25.8. The molecule has 1 atom stereocenters. The van der Waals surface area contributed by atoms with Crippen LogP contribution in [-0.4, -0.2) is 73.6 Å². The fourth-order valence-electron chi connectivity index (χ4n) is 5.31. The van der Waals surface area contributed by atoms with Crippen LogP contribution in [0.3, 0.4) is 0 Å². The Morgan fingerprint density at radius 2 is 1.54 bits per heavy atom.